The van der Waals surface area contributed by atoms with Gasteiger partial charge in [-0.2, -0.15) is 18.3 Å². The standard InChI is InChI=1S/C23H21F3N4O3/c1-12-4-3-5-15(13(12)2)28-22(31)17-10-21-27-16(9-20(23(24,25)26)30(21)29-17)14-6-7-18-19(8-14)33-11-32-18/h3-8,10,16,20,27H,9,11H2,1-2H3,(H,28,31)/t16-,20+/m0/s1. The van der Waals surface area contributed by atoms with E-state index in [4.69, 9.17) is 9.47 Å². The van der Waals surface area contributed by atoms with Crippen molar-refractivity contribution in [3.05, 3.63) is 64.8 Å². The van der Waals surface area contributed by atoms with Crippen molar-refractivity contribution in [2.75, 3.05) is 17.4 Å². The molecule has 0 unspecified atom stereocenters. The van der Waals surface area contributed by atoms with Gasteiger partial charge in [0.25, 0.3) is 5.91 Å². The van der Waals surface area contributed by atoms with E-state index in [0.29, 0.717) is 22.7 Å². The summed E-state index contributed by atoms with van der Waals surface area (Å²) in [5.74, 6) is 0.591. The van der Waals surface area contributed by atoms with Crippen LogP contribution in [-0.2, 0) is 0 Å². The second-order valence-corrected chi connectivity index (χ2v) is 8.16. The van der Waals surface area contributed by atoms with Crippen LogP contribution in [0, 0.1) is 13.8 Å². The highest BCUT2D eigenvalue weighted by Crippen LogP contribution is 2.45. The highest BCUT2D eigenvalue weighted by molar-refractivity contribution is 6.03. The molecule has 2 aliphatic rings. The molecule has 2 atom stereocenters. The van der Waals surface area contributed by atoms with Crippen LogP contribution in [0.3, 0.4) is 0 Å². The monoisotopic (exact) mass is 458 g/mol. The molecule has 3 aromatic rings. The van der Waals surface area contributed by atoms with Gasteiger partial charge >= 0.3 is 6.18 Å². The van der Waals surface area contributed by atoms with Gasteiger partial charge < -0.3 is 20.1 Å². The fourth-order valence-electron chi connectivity index (χ4n) is 4.11. The minimum absolute atomic E-state index is 0.0771. The molecule has 3 heterocycles. The van der Waals surface area contributed by atoms with Crippen LogP contribution in [0.1, 0.15) is 45.7 Å². The first-order chi connectivity index (χ1) is 15.7. The van der Waals surface area contributed by atoms with Gasteiger partial charge in [-0.05, 0) is 48.7 Å². The van der Waals surface area contributed by atoms with Crippen molar-refractivity contribution in [2.24, 2.45) is 0 Å². The molecule has 33 heavy (non-hydrogen) atoms. The Bertz CT molecular complexity index is 1240. The van der Waals surface area contributed by atoms with Crippen LogP contribution >= 0.6 is 0 Å². The normalized spacial score (nSPS) is 19.1. The third-order valence-electron chi connectivity index (χ3n) is 6.07. The molecule has 0 fully saturated rings. The number of benzene rings is 2. The van der Waals surface area contributed by atoms with Gasteiger partial charge in [-0.25, -0.2) is 4.68 Å². The SMILES string of the molecule is Cc1cccc(NC(=O)c2cc3n(n2)[C@@H](C(F)(F)F)C[C@@H](c2ccc4c(c2)OCO4)N3)c1C. The van der Waals surface area contributed by atoms with Crippen LogP contribution in [0.2, 0.25) is 0 Å². The molecule has 2 N–H and O–H groups in total. The lowest BCUT2D eigenvalue weighted by Gasteiger charge is -2.33. The molecule has 2 aromatic carbocycles. The minimum Gasteiger partial charge on any atom is -0.454 e. The van der Waals surface area contributed by atoms with E-state index >= 15 is 0 Å². The second-order valence-electron chi connectivity index (χ2n) is 8.16. The number of aromatic nitrogens is 2. The van der Waals surface area contributed by atoms with Crippen molar-refractivity contribution < 1.29 is 27.4 Å². The Balaban J connectivity index is 1.45. The summed E-state index contributed by atoms with van der Waals surface area (Å²) in [7, 11) is 0. The van der Waals surface area contributed by atoms with Crippen LogP contribution in [0.4, 0.5) is 24.7 Å². The molecule has 1 aromatic heterocycles. The van der Waals surface area contributed by atoms with Crippen molar-refractivity contribution in [1.82, 2.24) is 9.78 Å². The van der Waals surface area contributed by atoms with Gasteiger partial charge in [0.05, 0.1) is 6.04 Å². The molecule has 0 aliphatic carbocycles. The molecule has 1 amide bonds. The summed E-state index contributed by atoms with van der Waals surface area (Å²) in [4.78, 5) is 12.8. The number of alkyl halides is 3. The van der Waals surface area contributed by atoms with Crippen LogP contribution in [-0.4, -0.2) is 28.7 Å². The highest BCUT2D eigenvalue weighted by Gasteiger charge is 2.47. The first-order valence-electron chi connectivity index (χ1n) is 10.4. The van der Waals surface area contributed by atoms with Crippen LogP contribution in [0.5, 0.6) is 11.5 Å². The molecule has 0 saturated carbocycles. The minimum atomic E-state index is -4.54. The van der Waals surface area contributed by atoms with Crippen molar-refractivity contribution in [2.45, 2.75) is 38.5 Å². The van der Waals surface area contributed by atoms with E-state index in [1.54, 1.807) is 30.3 Å². The van der Waals surface area contributed by atoms with E-state index in [1.807, 2.05) is 19.9 Å². The molecule has 2 aliphatic heterocycles. The zero-order valence-corrected chi connectivity index (χ0v) is 17.9. The Hall–Kier alpha value is -3.69. The maximum atomic E-state index is 13.9. The Morgan fingerprint density at radius 2 is 1.94 bits per heavy atom. The number of anilines is 2. The summed E-state index contributed by atoms with van der Waals surface area (Å²) in [6.07, 6.45) is -4.83. The van der Waals surface area contributed by atoms with Crippen LogP contribution < -0.4 is 20.1 Å². The van der Waals surface area contributed by atoms with E-state index < -0.39 is 24.2 Å². The van der Waals surface area contributed by atoms with E-state index in [-0.39, 0.29) is 24.7 Å². The van der Waals surface area contributed by atoms with E-state index in [1.165, 1.54) is 6.07 Å². The first kappa shape index (κ1) is 21.2. The average molecular weight is 458 g/mol. The Labute approximate surface area is 187 Å². The number of fused-ring (bicyclic) bond motifs is 2. The molecule has 0 bridgehead atoms. The Morgan fingerprint density at radius 3 is 2.73 bits per heavy atom. The maximum Gasteiger partial charge on any atom is 0.410 e. The van der Waals surface area contributed by atoms with Crippen molar-refractivity contribution in [3.8, 4) is 11.5 Å². The topological polar surface area (TPSA) is 77.4 Å². The zero-order chi connectivity index (χ0) is 23.3. The Kier molecular flexibility index (Phi) is 4.95. The summed E-state index contributed by atoms with van der Waals surface area (Å²) >= 11 is 0. The van der Waals surface area contributed by atoms with Gasteiger partial charge in [0.2, 0.25) is 6.79 Å². The quantitative estimate of drug-likeness (QED) is 0.568. The zero-order valence-electron chi connectivity index (χ0n) is 17.9. The van der Waals surface area contributed by atoms with Crippen LogP contribution in [0.15, 0.2) is 42.5 Å². The van der Waals surface area contributed by atoms with Crippen molar-refractivity contribution in [3.63, 3.8) is 0 Å². The van der Waals surface area contributed by atoms with E-state index in [9.17, 15) is 18.0 Å². The molecule has 7 nitrogen and oxygen atoms in total. The number of nitrogens with one attached hydrogen (secondary N) is 2. The second kappa shape index (κ2) is 7.72. The van der Waals surface area contributed by atoms with E-state index in [0.717, 1.165) is 15.8 Å². The average Bonchev–Trinajstić information content (AvgIpc) is 3.41. The predicted octanol–water partition coefficient (Wildman–Crippen LogP) is 5.14. The lowest BCUT2D eigenvalue weighted by atomic mass is 9.96. The highest BCUT2D eigenvalue weighted by atomic mass is 19.4. The number of nitrogens with zero attached hydrogens (tertiary/aromatic N) is 2. The lowest BCUT2D eigenvalue weighted by molar-refractivity contribution is -0.173. The van der Waals surface area contributed by atoms with Gasteiger partial charge in [-0.3, -0.25) is 4.79 Å². The van der Waals surface area contributed by atoms with Crippen molar-refractivity contribution in [1.29, 1.82) is 0 Å². The fraction of sp³-hybridized carbons (Fsp3) is 0.304. The first-order valence-corrected chi connectivity index (χ1v) is 10.4. The van der Waals surface area contributed by atoms with E-state index in [2.05, 4.69) is 15.7 Å². The van der Waals surface area contributed by atoms with Crippen molar-refractivity contribution >= 4 is 17.4 Å². The number of carbonyl (C=O) groups is 1. The summed E-state index contributed by atoms with van der Waals surface area (Å²) in [5.41, 5.74) is 2.98. The Morgan fingerprint density at radius 1 is 1.15 bits per heavy atom. The number of hydrogen-bond donors (Lipinski definition) is 2. The predicted molar refractivity (Wildman–Crippen MR) is 115 cm³/mol. The number of hydrogen-bond acceptors (Lipinski definition) is 5. The molecular weight excluding hydrogens is 437 g/mol. The third kappa shape index (κ3) is 3.85. The lowest BCUT2D eigenvalue weighted by Crippen LogP contribution is -2.35. The summed E-state index contributed by atoms with van der Waals surface area (Å²) in [6, 6.07) is 9.32. The van der Waals surface area contributed by atoms with Gasteiger partial charge in [0.1, 0.15) is 5.82 Å². The summed E-state index contributed by atoms with van der Waals surface area (Å²) < 4.78 is 53.3. The molecule has 0 saturated heterocycles. The fourth-order valence-corrected chi connectivity index (χ4v) is 4.11. The molecular formula is C23H21F3N4O3. The molecule has 0 radical (unpaired) electrons. The van der Waals surface area contributed by atoms with Gasteiger partial charge in [0, 0.05) is 18.2 Å². The largest absolute Gasteiger partial charge is 0.454 e. The smallest absolute Gasteiger partial charge is 0.410 e. The van der Waals surface area contributed by atoms with Gasteiger partial charge in [0.15, 0.2) is 23.2 Å². The molecule has 172 valence electrons. The summed E-state index contributed by atoms with van der Waals surface area (Å²) in [6.45, 7) is 3.85. The molecule has 0 spiro atoms. The number of carbonyl (C=O) groups excluding carboxylic acids is 1. The third-order valence-corrected chi connectivity index (χ3v) is 6.07. The number of ether oxygens (including phenoxy) is 2. The van der Waals surface area contributed by atoms with Crippen LogP contribution in [0.25, 0.3) is 0 Å². The number of aryl methyl sites for hydroxylation is 1. The number of amides is 1. The number of halogens is 3. The molecule has 10 heteroatoms. The van der Waals surface area contributed by atoms with Gasteiger partial charge in [-0.15, -0.1) is 0 Å². The van der Waals surface area contributed by atoms with Gasteiger partial charge in [-0.1, -0.05) is 18.2 Å². The number of rotatable bonds is 3. The summed E-state index contributed by atoms with van der Waals surface area (Å²) in [5, 5.41) is 9.85. The maximum absolute atomic E-state index is 13.9. The molecule has 5 rings (SSSR count).